The molecule has 3 N–H and O–H groups in total. The van der Waals surface area contributed by atoms with Crippen molar-refractivity contribution in [3.05, 3.63) is 17.2 Å². The largest absolute Gasteiger partial charge is 0.388 e. The molecule has 0 bridgehead atoms. The second-order valence-corrected chi connectivity index (χ2v) is 2.25. The number of nitrogens with zero attached hydrogens (tertiary/aromatic N) is 1. The number of halogens is 1. The highest BCUT2D eigenvalue weighted by atomic mass is 35.5. The summed E-state index contributed by atoms with van der Waals surface area (Å²) in [5.74, 6) is 0. The highest BCUT2D eigenvalue weighted by molar-refractivity contribution is 7.80. The standard InChI is InChI=1S/C4H4ClN3S/c5-3-2(4(6)9)7-1-8-3/h1H,(H2,6,9)(H,7,8). The van der Waals surface area contributed by atoms with Crippen molar-refractivity contribution in [3.8, 4) is 0 Å². The molecule has 1 rings (SSSR count). The smallest absolute Gasteiger partial charge is 0.136 e. The number of hydrogen-bond acceptors (Lipinski definition) is 2. The van der Waals surface area contributed by atoms with Crippen LogP contribution in [0.4, 0.5) is 0 Å². The van der Waals surface area contributed by atoms with E-state index in [9.17, 15) is 0 Å². The third kappa shape index (κ3) is 1.20. The van der Waals surface area contributed by atoms with E-state index in [1.807, 2.05) is 0 Å². The number of hydrogen-bond donors (Lipinski definition) is 2. The average Bonchev–Trinajstić information content (AvgIpc) is 2.13. The molecular weight excluding hydrogens is 158 g/mol. The van der Waals surface area contributed by atoms with Gasteiger partial charge in [-0.1, -0.05) is 23.8 Å². The van der Waals surface area contributed by atoms with Crippen molar-refractivity contribution in [2.24, 2.45) is 5.73 Å². The van der Waals surface area contributed by atoms with Crippen molar-refractivity contribution in [3.63, 3.8) is 0 Å². The van der Waals surface area contributed by atoms with Crippen LogP contribution < -0.4 is 5.73 Å². The van der Waals surface area contributed by atoms with E-state index in [2.05, 4.69) is 22.2 Å². The van der Waals surface area contributed by atoms with Gasteiger partial charge >= 0.3 is 0 Å². The molecule has 3 nitrogen and oxygen atoms in total. The number of nitrogens with two attached hydrogens (primary N) is 1. The molecule has 0 aliphatic heterocycles. The van der Waals surface area contributed by atoms with Crippen LogP contribution in [0, 0.1) is 0 Å². The zero-order valence-electron chi connectivity index (χ0n) is 4.39. The zero-order chi connectivity index (χ0) is 6.85. The minimum absolute atomic E-state index is 0.209. The first-order valence-corrected chi connectivity index (χ1v) is 2.99. The van der Waals surface area contributed by atoms with Crippen LogP contribution in [-0.2, 0) is 0 Å². The summed E-state index contributed by atoms with van der Waals surface area (Å²) in [5.41, 5.74) is 5.67. The van der Waals surface area contributed by atoms with Crippen LogP contribution in [0.15, 0.2) is 6.33 Å². The Bertz CT molecular complexity index is 231. The maximum absolute atomic E-state index is 5.55. The number of nitrogens with one attached hydrogen (secondary N) is 1. The molecule has 5 heteroatoms. The molecule has 0 saturated heterocycles. The van der Waals surface area contributed by atoms with Gasteiger partial charge in [0.2, 0.25) is 0 Å². The summed E-state index contributed by atoms with van der Waals surface area (Å²) in [6.45, 7) is 0. The van der Waals surface area contributed by atoms with Crippen molar-refractivity contribution in [1.82, 2.24) is 9.97 Å². The lowest BCUT2D eigenvalue weighted by atomic mass is 10.5. The SMILES string of the molecule is NC(=S)c1nc[nH]c1Cl. The van der Waals surface area contributed by atoms with Crippen molar-refractivity contribution < 1.29 is 0 Å². The first kappa shape index (κ1) is 6.51. The molecule has 9 heavy (non-hydrogen) atoms. The summed E-state index contributed by atoms with van der Waals surface area (Å²) in [5, 5.41) is 0.391. The van der Waals surface area contributed by atoms with Crippen LogP contribution in [0.2, 0.25) is 5.15 Å². The number of aromatic nitrogens is 2. The van der Waals surface area contributed by atoms with E-state index < -0.39 is 0 Å². The Morgan fingerprint density at radius 3 is 2.78 bits per heavy atom. The van der Waals surface area contributed by atoms with E-state index in [1.165, 1.54) is 6.33 Å². The van der Waals surface area contributed by atoms with Crippen LogP contribution in [0.5, 0.6) is 0 Å². The number of H-pyrrole nitrogens is 1. The van der Waals surface area contributed by atoms with Gasteiger partial charge in [0.25, 0.3) is 0 Å². The van der Waals surface area contributed by atoms with Gasteiger partial charge in [-0.2, -0.15) is 0 Å². The van der Waals surface area contributed by atoms with Gasteiger partial charge in [-0.05, 0) is 0 Å². The van der Waals surface area contributed by atoms with Crippen LogP contribution in [0.1, 0.15) is 5.69 Å². The Balaban J connectivity index is 3.08. The van der Waals surface area contributed by atoms with Gasteiger partial charge in [-0.25, -0.2) is 4.98 Å². The molecular formula is C4H4ClN3S. The maximum atomic E-state index is 5.55. The molecule has 0 aliphatic carbocycles. The Kier molecular flexibility index (Phi) is 1.68. The van der Waals surface area contributed by atoms with Gasteiger partial charge in [0.05, 0.1) is 6.33 Å². The second-order valence-electron chi connectivity index (χ2n) is 1.43. The van der Waals surface area contributed by atoms with E-state index in [1.54, 1.807) is 0 Å². The van der Waals surface area contributed by atoms with Gasteiger partial charge in [-0.3, -0.25) is 0 Å². The number of rotatable bonds is 1. The summed E-state index contributed by atoms with van der Waals surface area (Å²) >= 11 is 10.2. The fraction of sp³-hybridized carbons (Fsp3) is 0. The number of aromatic amines is 1. The molecule has 1 aromatic heterocycles. The van der Waals surface area contributed by atoms with Gasteiger partial charge in [0.1, 0.15) is 15.8 Å². The molecule has 1 heterocycles. The van der Waals surface area contributed by atoms with Crippen molar-refractivity contribution in [1.29, 1.82) is 0 Å². The minimum Gasteiger partial charge on any atom is -0.388 e. The molecule has 0 radical (unpaired) electrons. The summed E-state index contributed by atoms with van der Waals surface area (Å²) in [6, 6.07) is 0. The molecule has 0 fully saturated rings. The van der Waals surface area contributed by atoms with Gasteiger partial charge in [0, 0.05) is 0 Å². The van der Waals surface area contributed by atoms with Crippen LogP contribution in [0.25, 0.3) is 0 Å². The minimum atomic E-state index is 0.209. The van der Waals surface area contributed by atoms with E-state index in [4.69, 9.17) is 17.3 Å². The topological polar surface area (TPSA) is 54.7 Å². The molecule has 0 unspecified atom stereocenters. The van der Waals surface area contributed by atoms with Gasteiger partial charge < -0.3 is 10.7 Å². The molecule has 0 spiro atoms. The predicted octanol–water partition coefficient (Wildman–Crippen LogP) is 0.697. The monoisotopic (exact) mass is 161 g/mol. The molecule has 0 aromatic carbocycles. The molecule has 0 saturated carbocycles. The Hall–Kier alpha value is -0.610. The highest BCUT2D eigenvalue weighted by Crippen LogP contribution is 2.07. The third-order valence-electron chi connectivity index (χ3n) is 0.826. The van der Waals surface area contributed by atoms with E-state index in [0.29, 0.717) is 10.8 Å². The third-order valence-corrected chi connectivity index (χ3v) is 1.31. The molecule has 48 valence electrons. The second kappa shape index (κ2) is 2.33. The fourth-order valence-corrected chi connectivity index (χ4v) is 0.860. The quantitative estimate of drug-likeness (QED) is 0.597. The van der Waals surface area contributed by atoms with E-state index in [0.717, 1.165) is 0 Å². The molecule has 0 aliphatic rings. The average molecular weight is 162 g/mol. The van der Waals surface area contributed by atoms with Gasteiger partial charge in [0.15, 0.2) is 0 Å². The lowest BCUT2D eigenvalue weighted by Crippen LogP contribution is -2.09. The lowest BCUT2D eigenvalue weighted by molar-refractivity contribution is 1.30. The first-order valence-electron chi connectivity index (χ1n) is 2.20. The summed E-state index contributed by atoms with van der Waals surface area (Å²) in [4.78, 5) is 6.61. The summed E-state index contributed by atoms with van der Waals surface area (Å²) < 4.78 is 0. The normalized spacial score (nSPS) is 9.44. The number of thiocarbonyl (C=S) groups is 1. The Morgan fingerprint density at radius 2 is 2.56 bits per heavy atom. The fourth-order valence-electron chi connectivity index (χ4n) is 0.450. The molecule has 0 atom stereocenters. The molecule has 1 aromatic rings. The van der Waals surface area contributed by atoms with Gasteiger partial charge in [-0.15, -0.1) is 0 Å². The van der Waals surface area contributed by atoms with Crippen molar-refractivity contribution in [2.45, 2.75) is 0 Å². The maximum Gasteiger partial charge on any atom is 0.136 e. The highest BCUT2D eigenvalue weighted by Gasteiger charge is 2.03. The van der Waals surface area contributed by atoms with Crippen LogP contribution >= 0.6 is 23.8 Å². The number of imidazole rings is 1. The van der Waals surface area contributed by atoms with E-state index >= 15 is 0 Å². The van der Waals surface area contributed by atoms with Crippen molar-refractivity contribution in [2.75, 3.05) is 0 Å². The van der Waals surface area contributed by atoms with E-state index in [-0.39, 0.29) is 4.99 Å². The molecule has 0 amide bonds. The zero-order valence-corrected chi connectivity index (χ0v) is 5.96. The van der Waals surface area contributed by atoms with Crippen LogP contribution in [0.3, 0.4) is 0 Å². The predicted molar refractivity (Wildman–Crippen MR) is 39.5 cm³/mol. The van der Waals surface area contributed by atoms with Crippen molar-refractivity contribution >= 4 is 28.8 Å². The Labute approximate surface area is 62.2 Å². The lowest BCUT2D eigenvalue weighted by Gasteiger charge is -1.87. The van der Waals surface area contributed by atoms with Crippen LogP contribution in [-0.4, -0.2) is 15.0 Å². The summed E-state index contributed by atoms with van der Waals surface area (Å²) in [7, 11) is 0. The first-order chi connectivity index (χ1) is 4.22. The summed E-state index contributed by atoms with van der Waals surface area (Å²) in [6.07, 6.45) is 1.44. The Morgan fingerprint density at radius 1 is 1.89 bits per heavy atom.